The van der Waals surface area contributed by atoms with Crippen LogP contribution in [0.25, 0.3) is 0 Å². The van der Waals surface area contributed by atoms with Gasteiger partial charge < -0.3 is 15.0 Å². The van der Waals surface area contributed by atoms with Crippen LogP contribution < -0.4 is 5.32 Å². The van der Waals surface area contributed by atoms with Crippen molar-refractivity contribution in [3.63, 3.8) is 0 Å². The molecule has 0 aromatic heterocycles. The highest BCUT2D eigenvalue weighted by molar-refractivity contribution is 5.46. The second-order valence-electron chi connectivity index (χ2n) is 5.34. The normalized spacial score (nSPS) is 21.1. The molecule has 1 aromatic carbocycles. The highest BCUT2D eigenvalue weighted by Crippen LogP contribution is 2.18. The van der Waals surface area contributed by atoms with Crippen LogP contribution in [-0.2, 0) is 11.3 Å². The largest absolute Gasteiger partial charge is 0.382 e. The third-order valence-corrected chi connectivity index (χ3v) is 3.88. The first kappa shape index (κ1) is 14.4. The monoisotopic (exact) mass is 262 g/mol. The van der Waals surface area contributed by atoms with E-state index in [-0.39, 0.29) is 0 Å². The number of anilines is 1. The van der Waals surface area contributed by atoms with Crippen molar-refractivity contribution in [1.82, 2.24) is 4.90 Å². The molecule has 1 aliphatic heterocycles. The third kappa shape index (κ3) is 4.51. The predicted molar refractivity (Wildman–Crippen MR) is 80.5 cm³/mol. The van der Waals surface area contributed by atoms with Gasteiger partial charge >= 0.3 is 0 Å². The molecule has 1 aromatic rings. The van der Waals surface area contributed by atoms with Crippen molar-refractivity contribution in [3.05, 3.63) is 29.8 Å². The van der Waals surface area contributed by atoms with Crippen LogP contribution in [0, 0.1) is 0 Å². The number of likely N-dealkylation sites (tertiary alicyclic amines) is 1. The van der Waals surface area contributed by atoms with Gasteiger partial charge in [-0.3, -0.25) is 0 Å². The Morgan fingerprint density at radius 3 is 3.00 bits per heavy atom. The van der Waals surface area contributed by atoms with Crippen molar-refractivity contribution in [1.29, 1.82) is 0 Å². The molecule has 1 fully saturated rings. The molecule has 0 amide bonds. The van der Waals surface area contributed by atoms with Gasteiger partial charge in [0.05, 0.1) is 6.61 Å². The molecule has 1 N–H and O–H groups in total. The molecule has 0 radical (unpaired) electrons. The number of benzene rings is 1. The first-order chi connectivity index (χ1) is 9.31. The van der Waals surface area contributed by atoms with Crippen LogP contribution >= 0.6 is 0 Å². The van der Waals surface area contributed by atoms with Crippen LogP contribution in [0.1, 0.15) is 31.7 Å². The molecule has 1 aliphatic rings. The summed E-state index contributed by atoms with van der Waals surface area (Å²) in [6.07, 6.45) is 3.80. The molecule has 1 atom stereocenters. The van der Waals surface area contributed by atoms with Crippen molar-refractivity contribution in [2.45, 2.75) is 38.8 Å². The first-order valence-corrected chi connectivity index (χ1v) is 7.38. The molecule has 0 spiro atoms. The minimum atomic E-state index is 0.606. The smallest absolute Gasteiger partial charge is 0.0713 e. The first-order valence-electron chi connectivity index (χ1n) is 7.38. The summed E-state index contributed by atoms with van der Waals surface area (Å²) < 4.78 is 5.19. The molecule has 19 heavy (non-hydrogen) atoms. The molecule has 3 heteroatoms. The minimum Gasteiger partial charge on any atom is -0.382 e. The number of nitrogens with one attached hydrogen (secondary N) is 1. The lowest BCUT2D eigenvalue weighted by Gasteiger charge is -2.19. The fourth-order valence-corrected chi connectivity index (χ4v) is 2.77. The van der Waals surface area contributed by atoms with Crippen molar-refractivity contribution in [2.24, 2.45) is 0 Å². The zero-order valence-electron chi connectivity index (χ0n) is 12.2. The summed E-state index contributed by atoms with van der Waals surface area (Å²) >= 11 is 0. The summed E-state index contributed by atoms with van der Waals surface area (Å²) in [5, 5.41) is 3.68. The third-order valence-electron chi connectivity index (χ3n) is 3.88. The number of rotatable bonds is 5. The standard InChI is InChI=1S/C16H26N2O/c1-3-18-10-5-8-15(9-11-18)17-16-7-4-6-14(12-16)13-19-2/h4,6-7,12,15,17H,3,5,8-11,13H2,1-2H3. The van der Waals surface area contributed by atoms with Gasteiger partial charge in [0.1, 0.15) is 0 Å². The summed E-state index contributed by atoms with van der Waals surface area (Å²) in [5.41, 5.74) is 2.46. The maximum Gasteiger partial charge on any atom is 0.0713 e. The molecule has 0 saturated carbocycles. The van der Waals surface area contributed by atoms with E-state index in [1.165, 1.54) is 50.1 Å². The van der Waals surface area contributed by atoms with E-state index in [0.717, 1.165) is 0 Å². The SMILES string of the molecule is CCN1CCCC(Nc2cccc(COC)c2)CC1. The van der Waals surface area contributed by atoms with Crippen LogP contribution in [0.5, 0.6) is 0 Å². The van der Waals surface area contributed by atoms with E-state index in [1.807, 2.05) is 0 Å². The Balaban J connectivity index is 1.91. The predicted octanol–water partition coefficient (Wildman–Crippen LogP) is 3.12. The van der Waals surface area contributed by atoms with Gasteiger partial charge in [-0.15, -0.1) is 0 Å². The highest BCUT2D eigenvalue weighted by atomic mass is 16.5. The van der Waals surface area contributed by atoms with E-state index < -0.39 is 0 Å². The van der Waals surface area contributed by atoms with Crippen molar-refractivity contribution in [2.75, 3.05) is 32.1 Å². The minimum absolute atomic E-state index is 0.606. The molecule has 3 nitrogen and oxygen atoms in total. The fourth-order valence-electron chi connectivity index (χ4n) is 2.77. The van der Waals surface area contributed by atoms with Gasteiger partial charge in [0.25, 0.3) is 0 Å². The number of nitrogens with zero attached hydrogens (tertiary/aromatic N) is 1. The van der Waals surface area contributed by atoms with Crippen molar-refractivity contribution in [3.8, 4) is 0 Å². The lowest BCUT2D eigenvalue weighted by molar-refractivity contribution is 0.185. The number of hydrogen-bond acceptors (Lipinski definition) is 3. The van der Waals surface area contributed by atoms with Crippen LogP contribution in [0.2, 0.25) is 0 Å². The van der Waals surface area contributed by atoms with Gasteiger partial charge in [0, 0.05) is 25.4 Å². The second kappa shape index (κ2) is 7.51. The van der Waals surface area contributed by atoms with E-state index in [0.29, 0.717) is 12.6 Å². The molecule has 1 unspecified atom stereocenters. The Bertz CT molecular complexity index is 381. The van der Waals surface area contributed by atoms with E-state index in [1.54, 1.807) is 7.11 Å². The summed E-state index contributed by atoms with van der Waals surface area (Å²) in [6.45, 7) is 6.58. The Morgan fingerprint density at radius 2 is 2.21 bits per heavy atom. The van der Waals surface area contributed by atoms with Crippen molar-refractivity contribution < 1.29 is 4.74 Å². The fraction of sp³-hybridized carbons (Fsp3) is 0.625. The van der Waals surface area contributed by atoms with Crippen molar-refractivity contribution >= 4 is 5.69 Å². The van der Waals surface area contributed by atoms with E-state index in [4.69, 9.17) is 4.74 Å². The number of hydrogen-bond donors (Lipinski definition) is 1. The number of ether oxygens (including phenoxy) is 1. The molecule has 1 heterocycles. The maximum absolute atomic E-state index is 5.19. The lowest BCUT2D eigenvalue weighted by Crippen LogP contribution is -2.26. The Morgan fingerprint density at radius 1 is 1.32 bits per heavy atom. The van der Waals surface area contributed by atoms with Crippen LogP contribution in [0.3, 0.4) is 0 Å². The van der Waals surface area contributed by atoms with Gasteiger partial charge in [0.2, 0.25) is 0 Å². The molecule has 1 saturated heterocycles. The van der Waals surface area contributed by atoms with Crippen LogP contribution in [0.4, 0.5) is 5.69 Å². The Labute approximate surface area is 116 Å². The van der Waals surface area contributed by atoms with E-state index in [9.17, 15) is 0 Å². The van der Waals surface area contributed by atoms with Gasteiger partial charge in [-0.05, 0) is 50.0 Å². The Kier molecular flexibility index (Phi) is 5.67. The van der Waals surface area contributed by atoms with Gasteiger partial charge in [-0.25, -0.2) is 0 Å². The summed E-state index contributed by atoms with van der Waals surface area (Å²) in [6, 6.07) is 9.18. The lowest BCUT2D eigenvalue weighted by atomic mass is 10.1. The molecule has 106 valence electrons. The summed E-state index contributed by atoms with van der Waals surface area (Å²) in [5.74, 6) is 0. The molecule has 2 rings (SSSR count). The number of methoxy groups -OCH3 is 1. The van der Waals surface area contributed by atoms with Gasteiger partial charge in [-0.2, -0.15) is 0 Å². The second-order valence-corrected chi connectivity index (χ2v) is 5.34. The zero-order chi connectivity index (χ0) is 13.5. The average molecular weight is 262 g/mol. The van der Waals surface area contributed by atoms with E-state index in [2.05, 4.69) is 41.4 Å². The van der Waals surface area contributed by atoms with Crippen LogP contribution in [-0.4, -0.2) is 37.7 Å². The van der Waals surface area contributed by atoms with Gasteiger partial charge in [0.15, 0.2) is 0 Å². The summed E-state index contributed by atoms with van der Waals surface area (Å²) in [7, 11) is 1.74. The van der Waals surface area contributed by atoms with Gasteiger partial charge in [-0.1, -0.05) is 19.1 Å². The molecule has 0 bridgehead atoms. The molecular weight excluding hydrogens is 236 g/mol. The Hall–Kier alpha value is -1.06. The topological polar surface area (TPSA) is 24.5 Å². The van der Waals surface area contributed by atoms with E-state index >= 15 is 0 Å². The molecular formula is C16H26N2O. The van der Waals surface area contributed by atoms with Crippen LogP contribution in [0.15, 0.2) is 24.3 Å². The quantitative estimate of drug-likeness (QED) is 0.882. The average Bonchev–Trinajstić information content (AvgIpc) is 2.65. The summed E-state index contributed by atoms with van der Waals surface area (Å²) in [4.78, 5) is 2.54. The highest BCUT2D eigenvalue weighted by Gasteiger charge is 2.15. The maximum atomic E-state index is 5.19. The molecule has 0 aliphatic carbocycles. The zero-order valence-corrected chi connectivity index (χ0v) is 12.2.